The molecule has 0 radical (unpaired) electrons. The zero-order valence-corrected chi connectivity index (χ0v) is 12.9. The Labute approximate surface area is 120 Å². The molecule has 0 amide bonds. The van der Waals surface area contributed by atoms with E-state index in [1.54, 1.807) is 31.3 Å². The van der Waals surface area contributed by atoms with Gasteiger partial charge in [0.15, 0.2) is 0 Å². The molecule has 0 unspecified atom stereocenters. The fourth-order valence-corrected chi connectivity index (χ4v) is 2.98. The molecule has 0 aliphatic carbocycles. The third kappa shape index (κ3) is 4.89. The standard InChI is InChI=1S/C13H20N2O2S2/c1-3-4-9-15(2)19(16,17)10-11-5-7-12(8-6-11)13(14)18/h5-8H,3-4,9-10H2,1-2H3,(H2,14,18). The van der Waals surface area contributed by atoms with Gasteiger partial charge in [-0.2, -0.15) is 0 Å². The number of nitrogens with two attached hydrogens (primary N) is 1. The number of rotatable bonds is 7. The number of nitrogens with zero attached hydrogens (tertiary/aromatic N) is 1. The Morgan fingerprint density at radius 1 is 1.32 bits per heavy atom. The lowest BCUT2D eigenvalue weighted by Gasteiger charge is -2.16. The highest BCUT2D eigenvalue weighted by atomic mass is 32.2. The molecule has 106 valence electrons. The van der Waals surface area contributed by atoms with Crippen LogP contribution in [-0.4, -0.2) is 31.3 Å². The van der Waals surface area contributed by atoms with Crippen molar-refractivity contribution in [2.75, 3.05) is 13.6 Å². The summed E-state index contributed by atoms with van der Waals surface area (Å²) >= 11 is 4.86. The van der Waals surface area contributed by atoms with Gasteiger partial charge in [-0.3, -0.25) is 0 Å². The van der Waals surface area contributed by atoms with Crippen molar-refractivity contribution in [2.45, 2.75) is 25.5 Å². The van der Waals surface area contributed by atoms with E-state index in [9.17, 15) is 8.42 Å². The second-order valence-corrected chi connectivity index (χ2v) is 7.01. The number of sulfonamides is 1. The van der Waals surface area contributed by atoms with E-state index >= 15 is 0 Å². The van der Waals surface area contributed by atoms with Crippen molar-refractivity contribution in [1.82, 2.24) is 4.31 Å². The van der Waals surface area contributed by atoms with E-state index in [4.69, 9.17) is 18.0 Å². The minimum absolute atomic E-state index is 0.00479. The molecule has 1 aromatic rings. The zero-order valence-electron chi connectivity index (χ0n) is 11.3. The molecule has 0 saturated carbocycles. The maximum absolute atomic E-state index is 12.1. The molecule has 0 fully saturated rings. The summed E-state index contributed by atoms with van der Waals surface area (Å²) in [7, 11) is -1.63. The summed E-state index contributed by atoms with van der Waals surface area (Å²) in [5.41, 5.74) is 6.98. The number of thiocarbonyl (C=S) groups is 1. The summed E-state index contributed by atoms with van der Waals surface area (Å²) in [6, 6.07) is 7.00. The first kappa shape index (κ1) is 16.1. The van der Waals surface area contributed by atoms with Crippen LogP contribution in [0.3, 0.4) is 0 Å². The van der Waals surface area contributed by atoms with E-state index in [1.807, 2.05) is 6.92 Å². The van der Waals surface area contributed by atoms with Gasteiger partial charge in [-0.15, -0.1) is 0 Å². The number of hydrogen-bond donors (Lipinski definition) is 1. The van der Waals surface area contributed by atoms with Crippen LogP contribution in [0.25, 0.3) is 0 Å². The Balaban J connectivity index is 2.75. The topological polar surface area (TPSA) is 63.4 Å². The molecule has 4 nitrogen and oxygen atoms in total. The van der Waals surface area contributed by atoms with Gasteiger partial charge < -0.3 is 5.73 Å². The highest BCUT2D eigenvalue weighted by Crippen LogP contribution is 2.11. The fourth-order valence-electron chi connectivity index (χ4n) is 1.61. The zero-order chi connectivity index (χ0) is 14.5. The highest BCUT2D eigenvalue weighted by Gasteiger charge is 2.17. The van der Waals surface area contributed by atoms with Gasteiger partial charge in [0, 0.05) is 19.2 Å². The van der Waals surface area contributed by atoms with Crippen molar-refractivity contribution in [3.8, 4) is 0 Å². The molecular weight excluding hydrogens is 280 g/mol. The van der Waals surface area contributed by atoms with E-state index in [0.717, 1.165) is 24.0 Å². The van der Waals surface area contributed by atoms with Crippen molar-refractivity contribution in [3.63, 3.8) is 0 Å². The molecule has 19 heavy (non-hydrogen) atoms. The Morgan fingerprint density at radius 2 is 1.89 bits per heavy atom. The van der Waals surface area contributed by atoms with Gasteiger partial charge >= 0.3 is 0 Å². The van der Waals surface area contributed by atoms with Crippen molar-refractivity contribution in [1.29, 1.82) is 0 Å². The lowest BCUT2D eigenvalue weighted by atomic mass is 10.1. The second kappa shape index (κ2) is 6.98. The van der Waals surface area contributed by atoms with Crippen LogP contribution in [0.1, 0.15) is 30.9 Å². The van der Waals surface area contributed by atoms with Crippen LogP contribution in [0, 0.1) is 0 Å². The van der Waals surface area contributed by atoms with Crippen molar-refractivity contribution in [2.24, 2.45) is 5.73 Å². The minimum Gasteiger partial charge on any atom is -0.389 e. The molecule has 0 spiro atoms. The van der Waals surface area contributed by atoms with E-state index < -0.39 is 10.0 Å². The van der Waals surface area contributed by atoms with Gasteiger partial charge in [0.1, 0.15) is 4.99 Å². The van der Waals surface area contributed by atoms with Gasteiger partial charge in [-0.25, -0.2) is 12.7 Å². The lowest BCUT2D eigenvalue weighted by molar-refractivity contribution is 0.458. The quantitative estimate of drug-likeness (QED) is 0.781. The van der Waals surface area contributed by atoms with Crippen LogP contribution in [0.5, 0.6) is 0 Å². The van der Waals surface area contributed by atoms with Gasteiger partial charge in [0.05, 0.1) is 5.75 Å². The second-order valence-electron chi connectivity index (χ2n) is 4.49. The third-order valence-corrected chi connectivity index (χ3v) is 4.96. The lowest BCUT2D eigenvalue weighted by Crippen LogP contribution is -2.29. The summed E-state index contributed by atoms with van der Waals surface area (Å²) in [6.07, 6.45) is 1.85. The number of unbranched alkanes of at least 4 members (excludes halogenated alkanes) is 1. The van der Waals surface area contributed by atoms with Crippen LogP contribution >= 0.6 is 12.2 Å². The molecular formula is C13H20N2O2S2. The maximum Gasteiger partial charge on any atom is 0.218 e. The Hall–Kier alpha value is -0.980. The van der Waals surface area contributed by atoms with Crippen LogP contribution < -0.4 is 5.73 Å². The number of benzene rings is 1. The predicted octanol–water partition coefficient (Wildman–Crippen LogP) is 1.88. The highest BCUT2D eigenvalue weighted by molar-refractivity contribution is 7.88. The third-order valence-electron chi connectivity index (χ3n) is 2.89. The van der Waals surface area contributed by atoms with Crippen molar-refractivity contribution in [3.05, 3.63) is 35.4 Å². The normalized spacial score (nSPS) is 11.7. The molecule has 6 heteroatoms. The van der Waals surface area contributed by atoms with Gasteiger partial charge in [0.25, 0.3) is 0 Å². The maximum atomic E-state index is 12.1. The van der Waals surface area contributed by atoms with Gasteiger partial charge in [-0.1, -0.05) is 49.8 Å². The SMILES string of the molecule is CCCCN(C)S(=O)(=O)Cc1ccc(C(N)=S)cc1. The average Bonchev–Trinajstić information content (AvgIpc) is 2.36. The Bertz CT molecular complexity index is 524. The molecule has 1 aromatic carbocycles. The van der Waals surface area contributed by atoms with Crippen LogP contribution in [-0.2, 0) is 15.8 Å². The largest absolute Gasteiger partial charge is 0.389 e. The van der Waals surface area contributed by atoms with E-state index in [-0.39, 0.29) is 5.75 Å². The summed E-state index contributed by atoms with van der Waals surface area (Å²) in [6.45, 7) is 2.60. The number of hydrogen-bond acceptors (Lipinski definition) is 3. The Kier molecular flexibility index (Phi) is 5.90. The minimum atomic E-state index is -3.25. The predicted molar refractivity (Wildman–Crippen MR) is 82.5 cm³/mol. The van der Waals surface area contributed by atoms with Crippen molar-refractivity contribution < 1.29 is 8.42 Å². The van der Waals surface area contributed by atoms with Crippen LogP contribution in [0.15, 0.2) is 24.3 Å². The molecule has 0 aliphatic rings. The summed E-state index contributed by atoms with van der Waals surface area (Å²) in [5, 5.41) is 0. The molecule has 0 aromatic heterocycles. The first-order chi connectivity index (χ1) is 8.86. The molecule has 2 N–H and O–H groups in total. The fraction of sp³-hybridized carbons (Fsp3) is 0.462. The van der Waals surface area contributed by atoms with Gasteiger partial charge in [-0.05, 0) is 12.0 Å². The first-order valence-electron chi connectivity index (χ1n) is 6.19. The first-order valence-corrected chi connectivity index (χ1v) is 8.21. The summed E-state index contributed by atoms with van der Waals surface area (Å²) in [4.78, 5) is 0.314. The van der Waals surface area contributed by atoms with Crippen molar-refractivity contribution >= 4 is 27.2 Å². The van der Waals surface area contributed by atoms with E-state index in [1.165, 1.54) is 4.31 Å². The molecule has 1 rings (SSSR count). The van der Waals surface area contributed by atoms with E-state index in [2.05, 4.69) is 0 Å². The smallest absolute Gasteiger partial charge is 0.218 e. The van der Waals surface area contributed by atoms with Crippen LogP contribution in [0.2, 0.25) is 0 Å². The molecule has 0 atom stereocenters. The summed E-state index contributed by atoms with van der Waals surface area (Å²) < 4.78 is 25.6. The summed E-state index contributed by atoms with van der Waals surface area (Å²) in [5.74, 6) is 0.00479. The molecule has 0 heterocycles. The molecule has 0 saturated heterocycles. The molecule has 0 bridgehead atoms. The van der Waals surface area contributed by atoms with Crippen LogP contribution in [0.4, 0.5) is 0 Å². The monoisotopic (exact) mass is 300 g/mol. The average molecular weight is 300 g/mol. The van der Waals surface area contributed by atoms with Gasteiger partial charge in [0.2, 0.25) is 10.0 Å². The molecule has 0 aliphatic heterocycles. The van der Waals surface area contributed by atoms with E-state index in [0.29, 0.717) is 11.5 Å². The Morgan fingerprint density at radius 3 is 2.37 bits per heavy atom.